The number of hydrogen-bond donors (Lipinski definition) is 1. The lowest BCUT2D eigenvalue weighted by molar-refractivity contribution is 0.0646. The molecule has 11 nitrogen and oxygen atoms in total. The number of imidazole rings is 1. The van der Waals surface area contributed by atoms with Crippen LogP contribution in [-0.4, -0.2) is 56.9 Å². The molecule has 0 aromatic carbocycles. The molecule has 5 aromatic heterocycles. The average Bonchev–Trinajstić information content (AvgIpc) is 3.64. The monoisotopic (exact) mass is 471 g/mol. The molecule has 0 spiro atoms. The summed E-state index contributed by atoms with van der Waals surface area (Å²) >= 11 is 0. The van der Waals surface area contributed by atoms with Crippen LogP contribution >= 0.6 is 0 Å². The molecule has 0 fully saturated rings. The van der Waals surface area contributed by atoms with E-state index in [-0.39, 0.29) is 17.7 Å². The molecule has 0 unspecified atom stereocenters. The van der Waals surface area contributed by atoms with Crippen molar-refractivity contribution < 1.29 is 9.21 Å². The van der Waals surface area contributed by atoms with E-state index in [0.717, 1.165) is 28.3 Å². The molecule has 1 atom stereocenters. The van der Waals surface area contributed by atoms with Crippen molar-refractivity contribution >= 4 is 11.4 Å². The quantitative estimate of drug-likeness (QED) is 0.427. The van der Waals surface area contributed by atoms with Crippen LogP contribution in [0, 0.1) is 6.92 Å². The van der Waals surface area contributed by atoms with Crippen LogP contribution in [0.15, 0.2) is 41.3 Å². The van der Waals surface area contributed by atoms with Crippen LogP contribution in [0.2, 0.25) is 0 Å². The first kappa shape index (κ1) is 21.3. The SMILES string of the molecule is Cc1c(-c2nnc(C(=O)N3CCc4[nH]cnc4[C@H]3c3cc4c(C(C)C)cccn4n3)o2)cnn1C. The number of aromatic amines is 1. The molecular formula is C24H25N9O2. The highest BCUT2D eigenvalue weighted by Gasteiger charge is 2.38. The molecule has 0 saturated heterocycles. The van der Waals surface area contributed by atoms with E-state index >= 15 is 0 Å². The van der Waals surface area contributed by atoms with Gasteiger partial charge in [0, 0.05) is 37.6 Å². The maximum absolute atomic E-state index is 13.7. The van der Waals surface area contributed by atoms with Gasteiger partial charge in [-0.1, -0.05) is 19.9 Å². The van der Waals surface area contributed by atoms with Gasteiger partial charge < -0.3 is 14.3 Å². The number of nitrogens with zero attached hydrogens (tertiary/aromatic N) is 8. The average molecular weight is 472 g/mol. The van der Waals surface area contributed by atoms with E-state index in [2.05, 4.69) is 45.2 Å². The number of H-pyrrole nitrogens is 1. The molecule has 0 bridgehead atoms. The van der Waals surface area contributed by atoms with Gasteiger partial charge in [-0.05, 0) is 30.5 Å². The number of rotatable bonds is 4. The number of carbonyl (C=O) groups excluding carboxylic acids is 1. The van der Waals surface area contributed by atoms with E-state index in [9.17, 15) is 4.79 Å². The largest absolute Gasteiger partial charge is 0.412 e. The Morgan fingerprint density at radius 1 is 1.29 bits per heavy atom. The number of pyridine rings is 1. The third-order valence-electron chi connectivity index (χ3n) is 6.72. The molecule has 35 heavy (non-hydrogen) atoms. The highest BCUT2D eigenvalue weighted by Crippen LogP contribution is 2.35. The smallest absolute Gasteiger partial charge is 0.312 e. The Labute approximate surface area is 200 Å². The number of fused-ring (bicyclic) bond motifs is 2. The predicted molar refractivity (Wildman–Crippen MR) is 126 cm³/mol. The summed E-state index contributed by atoms with van der Waals surface area (Å²) in [4.78, 5) is 23.2. The van der Waals surface area contributed by atoms with Gasteiger partial charge in [-0.25, -0.2) is 9.50 Å². The molecule has 1 aliphatic rings. The Kier molecular flexibility index (Phi) is 4.80. The van der Waals surface area contributed by atoms with E-state index < -0.39 is 6.04 Å². The van der Waals surface area contributed by atoms with Gasteiger partial charge in [0.2, 0.25) is 0 Å². The first-order chi connectivity index (χ1) is 16.9. The molecular weight excluding hydrogens is 446 g/mol. The zero-order chi connectivity index (χ0) is 24.3. The third kappa shape index (κ3) is 3.34. The predicted octanol–water partition coefficient (Wildman–Crippen LogP) is 3.06. The summed E-state index contributed by atoms with van der Waals surface area (Å²) in [7, 11) is 1.83. The number of aryl methyl sites for hydroxylation is 1. The molecule has 1 N–H and O–H groups in total. The Morgan fingerprint density at radius 2 is 2.14 bits per heavy atom. The van der Waals surface area contributed by atoms with Gasteiger partial charge in [0.25, 0.3) is 5.89 Å². The molecule has 0 aliphatic carbocycles. The lowest BCUT2D eigenvalue weighted by atomic mass is 9.98. The first-order valence-electron chi connectivity index (χ1n) is 11.6. The van der Waals surface area contributed by atoms with Gasteiger partial charge in [-0.2, -0.15) is 10.2 Å². The number of aromatic nitrogens is 8. The van der Waals surface area contributed by atoms with Crippen LogP contribution in [0.3, 0.4) is 0 Å². The number of amides is 1. The summed E-state index contributed by atoms with van der Waals surface area (Å²) in [5.74, 6) is 0.173. The fourth-order valence-electron chi connectivity index (χ4n) is 4.72. The molecule has 6 heterocycles. The lowest BCUT2D eigenvalue weighted by Gasteiger charge is -2.32. The van der Waals surface area contributed by atoms with Crippen molar-refractivity contribution in [1.29, 1.82) is 0 Å². The topological polar surface area (TPSA) is 123 Å². The molecule has 0 radical (unpaired) electrons. The van der Waals surface area contributed by atoms with Gasteiger partial charge in [-0.3, -0.25) is 9.48 Å². The Morgan fingerprint density at radius 3 is 2.91 bits per heavy atom. The van der Waals surface area contributed by atoms with Crippen LogP contribution in [0.25, 0.3) is 17.0 Å². The van der Waals surface area contributed by atoms with E-state index in [1.165, 1.54) is 5.56 Å². The van der Waals surface area contributed by atoms with Crippen molar-refractivity contribution in [3.63, 3.8) is 0 Å². The van der Waals surface area contributed by atoms with Crippen LogP contribution in [0.4, 0.5) is 0 Å². The molecule has 11 heteroatoms. The minimum Gasteiger partial charge on any atom is -0.412 e. The summed E-state index contributed by atoms with van der Waals surface area (Å²) in [6, 6.07) is 5.66. The molecule has 1 aliphatic heterocycles. The summed E-state index contributed by atoms with van der Waals surface area (Å²) in [5.41, 5.74) is 6.29. The van der Waals surface area contributed by atoms with E-state index in [1.54, 1.807) is 22.1 Å². The first-order valence-corrected chi connectivity index (χ1v) is 11.6. The van der Waals surface area contributed by atoms with Crippen molar-refractivity contribution in [1.82, 2.24) is 44.5 Å². The molecule has 0 saturated carbocycles. The summed E-state index contributed by atoms with van der Waals surface area (Å²) in [6.07, 6.45) is 5.88. The fraction of sp³-hybridized carbons (Fsp3) is 0.333. The van der Waals surface area contributed by atoms with E-state index in [1.807, 2.05) is 36.8 Å². The Balaban J connectivity index is 1.41. The zero-order valence-corrected chi connectivity index (χ0v) is 19.9. The maximum atomic E-state index is 13.7. The molecule has 5 aromatic rings. The number of hydrogen-bond acceptors (Lipinski definition) is 7. The molecule has 178 valence electrons. The van der Waals surface area contributed by atoms with Crippen molar-refractivity contribution in [2.75, 3.05) is 6.54 Å². The van der Waals surface area contributed by atoms with Gasteiger partial charge in [0.05, 0.1) is 35.0 Å². The normalized spacial score (nSPS) is 15.8. The highest BCUT2D eigenvalue weighted by atomic mass is 16.4. The second kappa shape index (κ2) is 7.90. The van der Waals surface area contributed by atoms with Gasteiger partial charge in [-0.15, -0.1) is 10.2 Å². The summed E-state index contributed by atoms with van der Waals surface area (Å²) in [5, 5.41) is 17.2. The number of carbonyl (C=O) groups is 1. The highest BCUT2D eigenvalue weighted by molar-refractivity contribution is 5.90. The van der Waals surface area contributed by atoms with E-state index in [4.69, 9.17) is 9.52 Å². The Hall–Kier alpha value is -4.28. The molecule has 1 amide bonds. The van der Waals surface area contributed by atoms with Crippen LogP contribution in [0.5, 0.6) is 0 Å². The van der Waals surface area contributed by atoms with Crippen molar-refractivity contribution in [2.45, 2.75) is 39.2 Å². The Bertz CT molecular complexity index is 1550. The van der Waals surface area contributed by atoms with Crippen LogP contribution in [0.1, 0.15) is 64.8 Å². The van der Waals surface area contributed by atoms with E-state index in [0.29, 0.717) is 24.4 Å². The van der Waals surface area contributed by atoms with Crippen LogP contribution in [-0.2, 0) is 13.5 Å². The van der Waals surface area contributed by atoms with Gasteiger partial charge in [0.1, 0.15) is 6.04 Å². The van der Waals surface area contributed by atoms with Gasteiger partial charge in [0.15, 0.2) is 0 Å². The van der Waals surface area contributed by atoms with Gasteiger partial charge >= 0.3 is 11.8 Å². The third-order valence-corrected chi connectivity index (χ3v) is 6.72. The van der Waals surface area contributed by atoms with Crippen molar-refractivity contribution in [3.8, 4) is 11.5 Å². The second-order valence-electron chi connectivity index (χ2n) is 9.11. The minimum atomic E-state index is -0.479. The second-order valence-corrected chi connectivity index (χ2v) is 9.11. The van der Waals surface area contributed by atoms with Crippen LogP contribution < -0.4 is 0 Å². The van der Waals surface area contributed by atoms with Crippen molar-refractivity contribution in [3.05, 3.63) is 71.1 Å². The fourth-order valence-corrected chi connectivity index (χ4v) is 4.72. The lowest BCUT2D eigenvalue weighted by Crippen LogP contribution is -2.41. The summed E-state index contributed by atoms with van der Waals surface area (Å²) in [6.45, 7) is 6.68. The maximum Gasteiger partial charge on any atom is 0.312 e. The van der Waals surface area contributed by atoms with Crippen molar-refractivity contribution in [2.24, 2.45) is 7.05 Å². The summed E-state index contributed by atoms with van der Waals surface area (Å²) < 4.78 is 9.40. The minimum absolute atomic E-state index is 0.0705. The molecule has 6 rings (SSSR count). The number of nitrogens with one attached hydrogen (secondary N) is 1. The zero-order valence-electron chi connectivity index (χ0n) is 19.9. The standard InChI is InChI=1S/C24H25N9O2/c1-13(2)15-6-5-8-33-19(15)10-18(30-33)21-20-17(25-12-26-20)7-9-32(21)24(34)23-29-28-22(35-23)16-11-27-31(4)14(16)3/h5-6,8,10-13,21H,7,9H2,1-4H3,(H,25,26)/t21-/m1/s1.